The molecule has 0 fully saturated rings. The Labute approximate surface area is 107 Å². The van der Waals surface area contributed by atoms with Crippen molar-refractivity contribution in [2.75, 3.05) is 13.1 Å². The Balaban J connectivity index is 2.14. The number of halogens is 3. The molecule has 1 aromatic carbocycles. The van der Waals surface area contributed by atoms with Crippen molar-refractivity contribution < 1.29 is 18.0 Å². The molecule has 0 aliphatic heterocycles. The SMILES string of the molecule is O=C(CNCC(F)(F)F)c1cccc2ncccc12. The lowest BCUT2D eigenvalue weighted by molar-refractivity contribution is -0.124. The van der Waals surface area contributed by atoms with E-state index >= 15 is 0 Å². The first-order valence-corrected chi connectivity index (χ1v) is 5.62. The van der Waals surface area contributed by atoms with E-state index in [1.165, 1.54) is 0 Å². The van der Waals surface area contributed by atoms with Gasteiger partial charge in [-0.2, -0.15) is 13.2 Å². The molecular formula is C13H11F3N2O. The fraction of sp³-hybridized carbons (Fsp3) is 0.231. The van der Waals surface area contributed by atoms with E-state index in [1.54, 1.807) is 36.5 Å². The van der Waals surface area contributed by atoms with Crippen LogP contribution in [0.25, 0.3) is 10.9 Å². The van der Waals surface area contributed by atoms with Gasteiger partial charge in [0, 0.05) is 17.1 Å². The maximum Gasteiger partial charge on any atom is 0.401 e. The number of rotatable bonds is 4. The number of Topliss-reactive ketones (excluding diaryl/α,β-unsaturated/α-hetero) is 1. The number of aromatic nitrogens is 1. The topological polar surface area (TPSA) is 42.0 Å². The van der Waals surface area contributed by atoms with Gasteiger partial charge in [0.2, 0.25) is 0 Å². The first-order valence-electron chi connectivity index (χ1n) is 5.62. The van der Waals surface area contributed by atoms with E-state index in [-0.39, 0.29) is 12.3 Å². The van der Waals surface area contributed by atoms with E-state index in [0.717, 1.165) is 0 Å². The number of carbonyl (C=O) groups excluding carboxylic acids is 1. The van der Waals surface area contributed by atoms with Crippen molar-refractivity contribution in [2.24, 2.45) is 0 Å². The van der Waals surface area contributed by atoms with Gasteiger partial charge in [-0.3, -0.25) is 9.78 Å². The second-order valence-electron chi connectivity index (χ2n) is 4.02. The molecule has 19 heavy (non-hydrogen) atoms. The van der Waals surface area contributed by atoms with Crippen LogP contribution in [-0.4, -0.2) is 30.0 Å². The summed E-state index contributed by atoms with van der Waals surface area (Å²) < 4.78 is 35.9. The number of pyridine rings is 1. The van der Waals surface area contributed by atoms with Crippen LogP contribution in [0.5, 0.6) is 0 Å². The third-order valence-corrected chi connectivity index (χ3v) is 2.56. The molecule has 0 amide bonds. The first kappa shape index (κ1) is 13.5. The number of hydrogen-bond acceptors (Lipinski definition) is 3. The van der Waals surface area contributed by atoms with Gasteiger partial charge in [0.15, 0.2) is 5.78 Å². The number of nitrogens with zero attached hydrogens (tertiary/aromatic N) is 1. The summed E-state index contributed by atoms with van der Waals surface area (Å²) in [6.45, 7) is -1.53. The van der Waals surface area contributed by atoms with Crippen LogP contribution in [-0.2, 0) is 0 Å². The number of fused-ring (bicyclic) bond motifs is 1. The molecule has 0 aliphatic carbocycles. The highest BCUT2D eigenvalue weighted by Gasteiger charge is 2.26. The highest BCUT2D eigenvalue weighted by Crippen LogP contribution is 2.17. The van der Waals surface area contributed by atoms with Crippen LogP contribution in [0.4, 0.5) is 13.2 Å². The molecule has 1 heterocycles. The molecule has 6 heteroatoms. The summed E-state index contributed by atoms with van der Waals surface area (Å²) in [5.74, 6) is -0.386. The molecule has 2 aromatic rings. The Morgan fingerprint density at radius 3 is 2.74 bits per heavy atom. The molecule has 0 unspecified atom stereocenters. The Morgan fingerprint density at radius 2 is 2.00 bits per heavy atom. The van der Waals surface area contributed by atoms with Crippen molar-refractivity contribution in [2.45, 2.75) is 6.18 Å². The van der Waals surface area contributed by atoms with Crippen molar-refractivity contribution in [1.82, 2.24) is 10.3 Å². The number of alkyl halides is 3. The number of benzene rings is 1. The largest absolute Gasteiger partial charge is 0.401 e. The molecule has 0 radical (unpaired) electrons. The van der Waals surface area contributed by atoms with Crippen molar-refractivity contribution in [1.29, 1.82) is 0 Å². The van der Waals surface area contributed by atoms with Crippen LogP contribution in [0.2, 0.25) is 0 Å². The zero-order valence-corrected chi connectivity index (χ0v) is 9.87. The normalized spacial score (nSPS) is 11.7. The van der Waals surface area contributed by atoms with Gasteiger partial charge in [-0.25, -0.2) is 0 Å². The molecule has 0 spiro atoms. The minimum absolute atomic E-state index is 0.354. The monoisotopic (exact) mass is 268 g/mol. The van der Waals surface area contributed by atoms with Crippen molar-refractivity contribution in [3.63, 3.8) is 0 Å². The number of nitrogens with one attached hydrogen (secondary N) is 1. The quantitative estimate of drug-likeness (QED) is 0.866. The maximum absolute atomic E-state index is 12.0. The maximum atomic E-state index is 12.0. The lowest BCUT2D eigenvalue weighted by Gasteiger charge is -2.08. The van der Waals surface area contributed by atoms with Gasteiger partial charge in [0.1, 0.15) is 0 Å². The van der Waals surface area contributed by atoms with Crippen LogP contribution < -0.4 is 5.32 Å². The van der Waals surface area contributed by atoms with Crippen molar-refractivity contribution in [3.8, 4) is 0 Å². The molecule has 0 bridgehead atoms. The summed E-state index contributed by atoms with van der Waals surface area (Å²) in [7, 11) is 0. The van der Waals surface area contributed by atoms with Gasteiger partial charge in [0.05, 0.1) is 18.6 Å². The third-order valence-electron chi connectivity index (χ3n) is 2.56. The van der Waals surface area contributed by atoms with Gasteiger partial charge < -0.3 is 5.32 Å². The van der Waals surface area contributed by atoms with Gasteiger partial charge in [-0.1, -0.05) is 18.2 Å². The summed E-state index contributed by atoms with van der Waals surface area (Å²) in [6, 6.07) is 8.39. The number of hydrogen-bond donors (Lipinski definition) is 1. The zero-order chi connectivity index (χ0) is 13.9. The smallest absolute Gasteiger partial charge is 0.302 e. The summed E-state index contributed by atoms with van der Waals surface area (Å²) in [5.41, 5.74) is 1.02. The highest BCUT2D eigenvalue weighted by molar-refractivity contribution is 6.08. The van der Waals surface area contributed by atoms with Crippen LogP contribution in [0.3, 0.4) is 0 Å². The predicted octanol–water partition coefficient (Wildman–Crippen LogP) is 2.57. The lowest BCUT2D eigenvalue weighted by Crippen LogP contribution is -2.32. The molecule has 1 N–H and O–H groups in total. The van der Waals surface area contributed by atoms with Crippen molar-refractivity contribution in [3.05, 3.63) is 42.1 Å². The molecule has 2 rings (SSSR count). The van der Waals surface area contributed by atoms with Gasteiger partial charge >= 0.3 is 6.18 Å². The summed E-state index contributed by atoms with van der Waals surface area (Å²) >= 11 is 0. The molecule has 0 atom stereocenters. The Bertz CT molecular complexity index is 590. The number of ketones is 1. The predicted molar refractivity (Wildman–Crippen MR) is 65.0 cm³/mol. The molecular weight excluding hydrogens is 257 g/mol. The van der Waals surface area contributed by atoms with Gasteiger partial charge in [0.25, 0.3) is 0 Å². The van der Waals surface area contributed by atoms with Crippen LogP contribution in [0, 0.1) is 0 Å². The third kappa shape index (κ3) is 3.51. The standard InChI is InChI=1S/C13H11F3N2O/c14-13(15,16)8-17-7-12(19)10-3-1-5-11-9(10)4-2-6-18-11/h1-6,17H,7-8H2. The Hall–Kier alpha value is -1.95. The lowest BCUT2D eigenvalue weighted by atomic mass is 10.0. The molecule has 0 aliphatic rings. The summed E-state index contributed by atoms with van der Waals surface area (Å²) in [6.07, 6.45) is -2.72. The van der Waals surface area contributed by atoms with E-state index in [2.05, 4.69) is 10.3 Å². The number of carbonyl (C=O) groups is 1. The van der Waals surface area contributed by atoms with E-state index < -0.39 is 12.7 Å². The average molecular weight is 268 g/mol. The van der Waals surface area contributed by atoms with Gasteiger partial charge in [-0.05, 0) is 12.1 Å². The molecule has 100 valence electrons. The first-order chi connectivity index (χ1) is 8.97. The fourth-order valence-electron chi connectivity index (χ4n) is 1.76. The fourth-order valence-corrected chi connectivity index (χ4v) is 1.76. The van der Waals surface area contributed by atoms with E-state index in [1.807, 2.05) is 0 Å². The Kier molecular flexibility index (Phi) is 3.80. The second-order valence-corrected chi connectivity index (χ2v) is 4.02. The Morgan fingerprint density at radius 1 is 1.21 bits per heavy atom. The average Bonchev–Trinajstić information content (AvgIpc) is 2.36. The van der Waals surface area contributed by atoms with Crippen LogP contribution >= 0.6 is 0 Å². The molecule has 0 saturated heterocycles. The zero-order valence-electron chi connectivity index (χ0n) is 9.87. The van der Waals surface area contributed by atoms with Gasteiger partial charge in [-0.15, -0.1) is 0 Å². The second kappa shape index (κ2) is 5.36. The van der Waals surface area contributed by atoms with Crippen molar-refractivity contribution >= 4 is 16.7 Å². The summed E-state index contributed by atoms with van der Waals surface area (Å²) in [4.78, 5) is 16.0. The molecule has 3 nitrogen and oxygen atoms in total. The minimum Gasteiger partial charge on any atom is -0.302 e. The van der Waals surface area contributed by atoms with E-state index in [9.17, 15) is 18.0 Å². The van der Waals surface area contributed by atoms with E-state index in [4.69, 9.17) is 0 Å². The van der Waals surface area contributed by atoms with E-state index in [0.29, 0.717) is 16.5 Å². The minimum atomic E-state index is -4.32. The molecule has 0 saturated carbocycles. The van der Waals surface area contributed by atoms with Crippen LogP contribution in [0.15, 0.2) is 36.5 Å². The highest BCUT2D eigenvalue weighted by atomic mass is 19.4. The molecule has 1 aromatic heterocycles. The summed E-state index contributed by atoms with van der Waals surface area (Å²) in [5, 5.41) is 2.74. The van der Waals surface area contributed by atoms with Crippen LogP contribution in [0.1, 0.15) is 10.4 Å².